The van der Waals surface area contributed by atoms with Crippen LogP contribution in [0.5, 0.6) is 0 Å². The predicted molar refractivity (Wildman–Crippen MR) is 133 cm³/mol. The van der Waals surface area contributed by atoms with Crippen molar-refractivity contribution >= 4 is 62.4 Å². The van der Waals surface area contributed by atoms with Crippen LogP contribution in [0, 0.1) is 0 Å². The topological polar surface area (TPSA) is 42.0 Å². The number of nitrogens with one attached hydrogen (secondary N) is 1. The number of anilines is 1. The van der Waals surface area contributed by atoms with E-state index in [9.17, 15) is 4.79 Å². The van der Waals surface area contributed by atoms with Crippen LogP contribution in [0.1, 0.15) is 30.9 Å². The number of carbonyl (C=O) groups excluding carboxylic acids is 1. The van der Waals surface area contributed by atoms with Crippen molar-refractivity contribution in [2.75, 3.05) is 5.32 Å². The Labute approximate surface area is 195 Å². The quantitative estimate of drug-likeness (QED) is 0.302. The summed E-state index contributed by atoms with van der Waals surface area (Å²) in [5, 5.41) is 4.48. The molecule has 1 heterocycles. The van der Waals surface area contributed by atoms with Gasteiger partial charge >= 0.3 is 0 Å². The molecule has 1 amide bonds. The number of halogens is 2. The molecule has 0 radical (unpaired) electrons. The summed E-state index contributed by atoms with van der Waals surface area (Å²) in [5.41, 5.74) is 4.35. The number of hydrogen-bond acceptors (Lipinski definition) is 3. The van der Waals surface area contributed by atoms with Crippen LogP contribution in [0.25, 0.3) is 26.9 Å². The molecule has 0 saturated heterocycles. The number of carbonyl (C=O) groups is 1. The number of fused-ring (bicyclic) bond motifs is 1. The van der Waals surface area contributed by atoms with Gasteiger partial charge in [0.2, 0.25) is 5.91 Å². The van der Waals surface area contributed by atoms with Crippen molar-refractivity contribution in [1.29, 1.82) is 0 Å². The van der Waals surface area contributed by atoms with Crippen LogP contribution in [0.3, 0.4) is 0 Å². The Bertz CT molecular complexity index is 1240. The summed E-state index contributed by atoms with van der Waals surface area (Å²) in [6, 6.07) is 19.4. The van der Waals surface area contributed by atoms with E-state index in [1.54, 1.807) is 29.5 Å². The Morgan fingerprint density at radius 2 is 1.77 bits per heavy atom. The molecule has 0 bridgehead atoms. The minimum Gasteiger partial charge on any atom is -0.321 e. The number of thiazole rings is 1. The predicted octanol–water partition coefficient (Wildman–Crippen LogP) is 8.05. The molecule has 0 fully saturated rings. The minimum absolute atomic E-state index is 0.271. The zero-order chi connectivity index (χ0) is 22.0. The first-order valence-corrected chi connectivity index (χ1v) is 11.4. The second-order valence-corrected chi connectivity index (χ2v) is 9.29. The van der Waals surface area contributed by atoms with Gasteiger partial charge in [-0.15, -0.1) is 11.3 Å². The molecule has 0 aliphatic carbocycles. The Hall–Kier alpha value is -2.66. The Balaban J connectivity index is 1.55. The van der Waals surface area contributed by atoms with E-state index >= 15 is 0 Å². The van der Waals surface area contributed by atoms with E-state index in [1.807, 2.05) is 36.4 Å². The molecular weight excluding hydrogens is 447 g/mol. The van der Waals surface area contributed by atoms with Crippen LogP contribution >= 0.6 is 34.5 Å². The number of benzene rings is 3. The number of aromatic nitrogens is 1. The second kappa shape index (κ2) is 9.23. The zero-order valence-electron chi connectivity index (χ0n) is 17.0. The highest BCUT2D eigenvalue weighted by Crippen LogP contribution is 2.38. The first-order valence-electron chi connectivity index (χ1n) is 9.85. The van der Waals surface area contributed by atoms with E-state index in [0.29, 0.717) is 21.7 Å². The first-order chi connectivity index (χ1) is 14.9. The molecule has 0 saturated carbocycles. The lowest BCUT2D eigenvalue weighted by Gasteiger charge is -2.09. The van der Waals surface area contributed by atoms with E-state index in [4.69, 9.17) is 23.2 Å². The minimum atomic E-state index is -0.271. The molecule has 0 atom stereocenters. The molecule has 31 heavy (non-hydrogen) atoms. The van der Waals surface area contributed by atoms with Gasteiger partial charge in [-0.05, 0) is 47.4 Å². The van der Waals surface area contributed by atoms with Crippen LogP contribution in [-0.4, -0.2) is 10.9 Å². The van der Waals surface area contributed by atoms with E-state index in [-0.39, 0.29) is 5.91 Å². The van der Waals surface area contributed by atoms with E-state index in [1.165, 1.54) is 11.6 Å². The number of amides is 1. The van der Waals surface area contributed by atoms with E-state index in [0.717, 1.165) is 26.4 Å². The fourth-order valence-electron chi connectivity index (χ4n) is 3.13. The highest BCUT2D eigenvalue weighted by Gasteiger charge is 2.14. The monoisotopic (exact) mass is 466 g/mol. The highest BCUT2D eigenvalue weighted by molar-refractivity contribution is 7.21. The lowest BCUT2D eigenvalue weighted by Crippen LogP contribution is -2.08. The zero-order valence-corrected chi connectivity index (χ0v) is 19.4. The summed E-state index contributed by atoms with van der Waals surface area (Å²) in [5.74, 6) is 0.199. The van der Waals surface area contributed by atoms with Gasteiger partial charge in [0.1, 0.15) is 5.01 Å². The Morgan fingerprint density at radius 1 is 1.03 bits per heavy atom. The molecule has 4 aromatic rings. The van der Waals surface area contributed by atoms with Gasteiger partial charge in [0.25, 0.3) is 0 Å². The molecule has 3 aromatic carbocycles. The summed E-state index contributed by atoms with van der Waals surface area (Å²) in [4.78, 5) is 17.1. The lowest BCUT2D eigenvalue weighted by atomic mass is 10.0. The van der Waals surface area contributed by atoms with Crippen LogP contribution in [-0.2, 0) is 4.79 Å². The summed E-state index contributed by atoms with van der Waals surface area (Å²) in [7, 11) is 0. The summed E-state index contributed by atoms with van der Waals surface area (Å²) in [6.07, 6.45) is 3.27. The number of rotatable bonds is 5. The third-order valence-corrected chi connectivity index (χ3v) is 6.56. The summed E-state index contributed by atoms with van der Waals surface area (Å²) >= 11 is 14.3. The van der Waals surface area contributed by atoms with Gasteiger partial charge in [-0.25, -0.2) is 4.98 Å². The van der Waals surface area contributed by atoms with Gasteiger partial charge in [-0.1, -0.05) is 73.4 Å². The van der Waals surface area contributed by atoms with Crippen LogP contribution in [0.2, 0.25) is 10.0 Å². The van der Waals surface area contributed by atoms with Crippen LogP contribution < -0.4 is 5.32 Å². The standard InChI is InChI=1S/C25H20Cl2N2OS/c1-15(2)17-10-7-16(8-11-17)9-12-24(30)28-22-13-18(19(26)14-20(22)27)25-29-21-5-3-4-6-23(21)31-25/h3-15H,1-2H3,(H,28,30). The second-order valence-electron chi connectivity index (χ2n) is 7.44. The summed E-state index contributed by atoms with van der Waals surface area (Å²) < 4.78 is 1.07. The maximum atomic E-state index is 12.5. The molecule has 156 valence electrons. The molecule has 4 rings (SSSR count). The summed E-state index contributed by atoms with van der Waals surface area (Å²) in [6.45, 7) is 4.30. The lowest BCUT2D eigenvalue weighted by molar-refractivity contribution is -0.111. The maximum Gasteiger partial charge on any atom is 0.248 e. The average Bonchev–Trinajstić information content (AvgIpc) is 3.18. The van der Waals surface area contributed by atoms with Crippen molar-refractivity contribution in [3.63, 3.8) is 0 Å². The maximum absolute atomic E-state index is 12.5. The SMILES string of the molecule is CC(C)c1ccc(C=CC(=O)Nc2cc(-c3nc4ccccc4s3)c(Cl)cc2Cl)cc1. The van der Waals surface area contributed by atoms with Gasteiger partial charge in [0.05, 0.1) is 25.9 Å². The molecule has 0 aliphatic heterocycles. The van der Waals surface area contributed by atoms with Crippen molar-refractivity contribution in [3.8, 4) is 10.6 Å². The van der Waals surface area contributed by atoms with Crippen molar-refractivity contribution in [3.05, 3.63) is 87.9 Å². The van der Waals surface area contributed by atoms with Crippen LogP contribution in [0.15, 0.2) is 66.7 Å². The number of nitrogens with zero attached hydrogens (tertiary/aromatic N) is 1. The highest BCUT2D eigenvalue weighted by atomic mass is 35.5. The molecule has 0 unspecified atom stereocenters. The average molecular weight is 467 g/mol. The van der Waals surface area contributed by atoms with Gasteiger partial charge in [0, 0.05) is 11.6 Å². The molecular formula is C25H20Cl2N2OS. The molecule has 3 nitrogen and oxygen atoms in total. The normalized spacial score (nSPS) is 11.5. The Morgan fingerprint density at radius 3 is 2.48 bits per heavy atom. The van der Waals surface area contributed by atoms with Crippen molar-refractivity contribution < 1.29 is 4.79 Å². The van der Waals surface area contributed by atoms with Crippen molar-refractivity contribution in [1.82, 2.24) is 4.98 Å². The fraction of sp³-hybridized carbons (Fsp3) is 0.120. The number of para-hydroxylation sites is 1. The largest absolute Gasteiger partial charge is 0.321 e. The van der Waals surface area contributed by atoms with E-state index in [2.05, 4.69) is 36.3 Å². The van der Waals surface area contributed by atoms with Gasteiger partial charge in [-0.2, -0.15) is 0 Å². The van der Waals surface area contributed by atoms with Crippen molar-refractivity contribution in [2.45, 2.75) is 19.8 Å². The molecule has 1 aromatic heterocycles. The third-order valence-electron chi connectivity index (χ3n) is 4.87. The molecule has 6 heteroatoms. The third kappa shape index (κ3) is 4.99. The smallest absolute Gasteiger partial charge is 0.248 e. The Kier molecular flexibility index (Phi) is 6.42. The van der Waals surface area contributed by atoms with Crippen molar-refractivity contribution in [2.24, 2.45) is 0 Å². The number of hydrogen-bond donors (Lipinski definition) is 1. The van der Waals surface area contributed by atoms with E-state index < -0.39 is 0 Å². The van der Waals surface area contributed by atoms with Gasteiger partial charge in [-0.3, -0.25) is 4.79 Å². The molecule has 0 aliphatic rings. The first kappa shape index (κ1) is 21.6. The van der Waals surface area contributed by atoms with Gasteiger partial charge in [0.15, 0.2) is 0 Å². The van der Waals surface area contributed by atoms with Gasteiger partial charge < -0.3 is 5.32 Å². The molecule has 0 spiro atoms. The molecule has 1 N–H and O–H groups in total. The van der Waals surface area contributed by atoms with Crippen LogP contribution in [0.4, 0.5) is 5.69 Å². The fourth-order valence-corrected chi connectivity index (χ4v) is 4.71.